The number of imide groups is 1. The summed E-state index contributed by atoms with van der Waals surface area (Å²) in [6.07, 6.45) is -0.538. The molecule has 0 atom stereocenters. The molecule has 5 nitrogen and oxygen atoms in total. The largest absolute Gasteiger partial charge is 0.444 e. The third-order valence-corrected chi connectivity index (χ3v) is 2.91. The Balaban J connectivity index is 1.63. The van der Waals surface area contributed by atoms with Crippen LogP contribution in [0.15, 0.2) is 60.7 Å². The van der Waals surface area contributed by atoms with Crippen molar-refractivity contribution in [3.63, 3.8) is 0 Å². The summed E-state index contributed by atoms with van der Waals surface area (Å²) >= 11 is 0. The third-order valence-electron chi connectivity index (χ3n) is 2.91. The molecule has 0 saturated carbocycles. The van der Waals surface area contributed by atoms with E-state index in [0.29, 0.717) is 6.54 Å². The molecule has 0 aromatic heterocycles. The van der Waals surface area contributed by atoms with Crippen LogP contribution in [0.2, 0.25) is 0 Å². The van der Waals surface area contributed by atoms with Crippen LogP contribution in [-0.4, -0.2) is 18.5 Å². The second-order valence-corrected chi connectivity index (χ2v) is 4.65. The van der Waals surface area contributed by atoms with Gasteiger partial charge in [0.1, 0.15) is 6.61 Å². The Morgan fingerprint density at radius 1 is 0.909 bits per heavy atom. The van der Waals surface area contributed by atoms with Gasteiger partial charge in [0.05, 0.1) is 0 Å². The normalized spacial score (nSPS) is 9.82. The lowest BCUT2D eigenvalue weighted by Crippen LogP contribution is -2.32. The van der Waals surface area contributed by atoms with Gasteiger partial charge in [-0.15, -0.1) is 0 Å². The molecule has 0 aliphatic carbocycles. The SMILES string of the molecule is O=C(CCNc1ccccc1)NC(=O)OCc1ccccc1. The molecular formula is C17H18N2O3. The number of para-hydroxylation sites is 1. The molecule has 0 fully saturated rings. The van der Waals surface area contributed by atoms with Crippen molar-refractivity contribution in [2.24, 2.45) is 0 Å². The van der Waals surface area contributed by atoms with Crippen molar-refractivity contribution in [3.05, 3.63) is 66.2 Å². The van der Waals surface area contributed by atoms with Crippen LogP contribution in [0.4, 0.5) is 10.5 Å². The first-order valence-electron chi connectivity index (χ1n) is 7.03. The molecule has 2 amide bonds. The minimum absolute atomic E-state index is 0.141. The quantitative estimate of drug-likeness (QED) is 0.860. The maximum absolute atomic E-state index is 11.6. The number of rotatable bonds is 6. The highest BCUT2D eigenvalue weighted by molar-refractivity contribution is 5.91. The van der Waals surface area contributed by atoms with Crippen molar-refractivity contribution >= 4 is 17.7 Å². The number of alkyl carbamates (subject to hydrolysis) is 1. The molecule has 5 heteroatoms. The fourth-order valence-electron chi connectivity index (χ4n) is 1.81. The van der Waals surface area contributed by atoms with E-state index in [1.54, 1.807) is 0 Å². The number of anilines is 1. The van der Waals surface area contributed by atoms with Crippen LogP contribution in [0.3, 0.4) is 0 Å². The summed E-state index contributed by atoms with van der Waals surface area (Å²) in [5, 5.41) is 5.29. The highest BCUT2D eigenvalue weighted by Gasteiger charge is 2.08. The van der Waals surface area contributed by atoms with Gasteiger partial charge in [-0.3, -0.25) is 10.1 Å². The van der Waals surface area contributed by atoms with Gasteiger partial charge >= 0.3 is 6.09 Å². The van der Waals surface area contributed by atoms with Crippen molar-refractivity contribution in [1.82, 2.24) is 5.32 Å². The Morgan fingerprint density at radius 2 is 1.55 bits per heavy atom. The van der Waals surface area contributed by atoms with Gasteiger partial charge in [0.2, 0.25) is 5.91 Å². The average Bonchev–Trinajstić information content (AvgIpc) is 2.55. The lowest BCUT2D eigenvalue weighted by Gasteiger charge is -2.07. The number of amides is 2. The smallest absolute Gasteiger partial charge is 0.414 e. The zero-order valence-electron chi connectivity index (χ0n) is 12.1. The van der Waals surface area contributed by atoms with Gasteiger partial charge in [0.15, 0.2) is 0 Å². The van der Waals surface area contributed by atoms with Crippen LogP contribution in [0.25, 0.3) is 0 Å². The molecule has 2 aromatic carbocycles. The third kappa shape index (κ3) is 5.66. The van der Waals surface area contributed by atoms with Gasteiger partial charge in [0, 0.05) is 18.7 Å². The lowest BCUT2D eigenvalue weighted by atomic mass is 10.2. The summed E-state index contributed by atoms with van der Waals surface area (Å²) in [5.74, 6) is -0.374. The number of benzene rings is 2. The number of nitrogens with one attached hydrogen (secondary N) is 2. The standard InChI is InChI=1S/C17H18N2O3/c20-16(11-12-18-15-9-5-2-6-10-15)19-17(21)22-13-14-7-3-1-4-8-14/h1-10,18H,11-13H2,(H,19,20,21). The number of carbonyl (C=O) groups excluding carboxylic acids is 2. The van der Waals surface area contributed by atoms with Crippen LogP contribution >= 0.6 is 0 Å². The molecule has 114 valence electrons. The summed E-state index contributed by atoms with van der Waals surface area (Å²) < 4.78 is 4.97. The van der Waals surface area contributed by atoms with Crippen LogP contribution in [0.1, 0.15) is 12.0 Å². The lowest BCUT2D eigenvalue weighted by molar-refractivity contribution is -0.120. The molecule has 0 saturated heterocycles. The zero-order chi connectivity index (χ0) is 15.6. The number of hydrogen-bond donors (Lipinski definition) is 2. The molecule has 2 rings (SSSR count). The van der Waals surface area contributed by atoms with Gasteiger partial charge in [-0.05, 0) is 17.7 Å². The number of carbonyl (C=O) groups is 2. The maximum atomic E-state index is 11.6. The number of ether oxygens (including phenoxy) is 1. The molecule has 22 heavy (non-hydrogen) atoms. The summed E-state index contributed by atoms with van der Waals surface area (Å²) in [4.78, 5) is 23.1. The fourth-order valence-corrected chi connectivity index (χ4v) is 1.81. The predicted octanol–water partition coefficient (Wildman–Crippen LogP) is 2.94. The van der Waals surface area contributed by atoms with E-state index >= 15 is 0 Å². The first-order valence-corrected chi connectivity index (χ1v) is 7.03. The number of hydrogen-bond acceptors (Lipinski definition) is 4. The summed E-state index contributed by atoms with van der Waals surface area (Å²) in [6, 6.07) is 18.8. The minimum Gasteiger partial charge on any atom is -0.444 e. The van der Waals surface area contributed by atoms with Crippen LogP contribution in [0, 0.1) is 0 Å². The second kappa shape index (κ2) is 8.46. The molecule has 2 aromatic rings. The van der Waals surface area contributed by atoms with Crippen molar-refractivity contribution in [2.45, 2.75) is 13.0 Å². The van der Waals surface area contributed by atoms with E-state index in [2.05, 4.69) is 10.6 Å². The van der Waals surface area contributed by atoms with Crippen LogP contribution in [-0.2, 0) is 16.1 Å². The average molecular weight is 298 g/mol. The summed E-state index contributed by atoms with van der Waals surface area (Å²) in [6.45, 7) is 0.587. The Kier molecular flexibility index (Phi) is 5.99. The molecule has 0 spiro atoms. The van der Waals surface area contributed by atoms with Crippen LogP contribution < -0.4 is 10.6 Å². The molecule has 0 radical (unpaired) electrons. The molecule has 0 aliphatic rings. The van der Waals surface area contributed by atoms with Crippen molar-refractivity contribution in [1.29, 1.82) is 0 Å². The Labute approximate surface area is 129 Å². The first kappa shape index (κ1) is 15.6. The second-order valence-electron chi connectivity index (χ2n) is 4.65. The Hall–Kier alpha value is -2.82. The van der Waals surface area contributed by atoms with E-state index in [9.17, 15) is 9.59 Å². The summed E-state index contributed by atoms with van der Waals surface area (Å²) in [7, 11) is 0. The fraction of sp³-hybridized carbons (Fsp3) is 0.176. The molecule has 2 N–H and O–H groups in total. The van der Waals surface area contributed by atoms with E-state index in [-0.39, 0.29) is 18.9 Å². The highest BCUT2D eigenvalue weighted by atomic mass is 16.5. The molecule has 0 unspecified atom stereocenters. The van der Waals surface area contributed by atoms with E-state index < -0.39 is 6.09 Å². The van der Waals surface area contributed by atoms with E-state index in [4.69, 9.17) is 4.74 Å². The predicted molar refractivity (Wildman–Crippen MR) is 84.3 cm³/mol. The summed E-state index contributed by atoms with van der Waals surface area (Å²) in [5.41, 5.74) is 1.80. The monoisotopic (exact) mass is 298 g/mol. The van der Waals surface area contributed by atoms with Crippen LogP contribution in [0.5, 0.6) is 0 Å². The van der Waals surface area contributed by atoms with Gasteiger partial charge in [-0.2, -0.15) is 0 Å². The molecular weight excluding hydrogens is 280 g/mol. The zero-order valence-corrected chi connectivity index (χ0v) is 12.1. The van der Waals surface area contributed by atoms with Gasteiger partial charge in [-0.1, -0.05) is 48.5 Å². The van der Waals surface area contributed by atoms with E-state index in [1.165, 1.54) is 0 Å². The van der Waals surface area contributed by atoms with Crippen molar-refractivity contribution in [2.75, 3.05) is 11.9 Å². The minimum atomic E-state index is -0.728. The first-order chi connectivity index (χ1) is 10.7. The van der Waals surface area contributed by atoms with Gasteiger partial charge in [0.25, 0.3) is 0 Å². The van der Waals surface area contributed by atoms with Crippen molar-refractivity contribution < 1.29 is 14.3 Å². The Morgan fingerprint density at radius 3 is 2.23 bits per heavy atom. The van der Waals surface area contributed by atoms with Gasteiger partial charge in [-0.25, -0.2) is 4.79 Å². The van der Waals surface area contributed by atoms with E-state index in [1.807, 2.05) is 60.7 Å². The highest BCUT2D eigenvalue weighted by Crippen LogP contribution is 2.04. The van der Waals surface area contributed by atoms with Crippen molar-refractivity contribution in [3.8, 4) is 0 Å². The topological polar surface area (TPSA) is 67.4 Å². The molecule has 0 bridgehead atoms. The van der Waals surface area contributed by atoms with Gasteiger partial charge < -0.3 is 10.1 Å². The molecule has 0 aliphatic heterocycles. The molecule has 0 heterocycles. The van der Waals surface area contributed by atoms with E-state index in [0.717, 1.165) is 11.3 Å². The maximum Gasteiger partial charge on any atom is 0.414 e. The Bertz CT molecular complexity index is 600.